The lowest BCUT2D eigenvalue weighted by atomic mass is 10.1. The molecule has 9 heteroatoms. The Hall–Kier alpha value is -4.11. The summed E-state index contributed by atoms with van der Waals surface area (Å²) in [7, 11) is 1.57. The molecule has 34 heavy (non-hydrogen) atoms. The highest BCUT2D eigenvalue weighted by molar-refractivity contribution is 6.22. The van der Waals surface area contributed by atoms with Gasteiger partial charge in [-0.15, -0.1) is 0 Å². The summed E-state index contributed by atoms with van der Waals surface area (Å²) < 4.78 is 4.99. The zero-order chi connectivity index (χ0) is 24.2. The predicted molar refractivity (Wildman–Crippen MR) is 127 cm³/mol. The van der Waals surface area contributed by atoms with Gasteiger partial charge in [-0.05, 0) is 68.8 Å². The number of nitrogens with zero attached hydrogens (tertiary/aromatic N) is 3. The number of benzene rings is 2. The van der Waals surface area contributed by atoms with Crippen LogP contribution in [0.5, 0.6) is 0 Å². The largest absolute Gasteiger partial charge is 0.385 e. The van der Waals surface area contributed by atoms with Crippen molar-refractivity contribution in [1.29, 1.82) is 0 Å². The average molecular weight is 460 g/mol. The van der Waals surface area contributed by atoms with Crippen molar-refractivity contribution in [3.8, 4) is 0 Å². The first kappa shape index (κ1) is 23.1. The van der Waals surface area contributed by atoms with E-state index < -0.39 is 5.91 Å². The van der Waals surface area contributed by atoms with Crippen molar-refractivity contribution in [2.75, 3.05) is 30.9 Å². The summed E-state index contributed by atoms with van der Waals surface area (Å²) in [4.78, 5) is 47.9. The third-order valence-corrected chi connectivity index (χ3v) is 5.34. The molecule has 0 unspecified atom stereocenters. The molecule has 0 saturated heterocycles. The van der Waals surface area contributed by atoms with E-state index in [0.29, 0.717) is 35.8 Å². The van der Waals surface area contributed by atoms with Crippen LogP contribution in [0.2, 0.25) is 0 Å². The number of hydrogen-bond acceptors (Lipinski definition) is 7. The fourth-order valence-corrected chi connectivity index (χ4v) is 3.75. The Morgan fingerprint density at radius 1 is 0.912 bits per heavy atom. The third-order valence-electron chi connectivity index (χ3n) is 5.34. The van der Waals surface area contributed by atoms with Crippen molar-refractivity contribution in [3.05, 3.63) is 76.6 Å². The van der Waals surface area contributed by atoms with Crippen LogP contribution in [-0.2, 0) is 4.74 Å². The number of anilines is 3. The summed E-state index contributed by atoms with van der Waals surface area (Å²) >= 11 is 0. The van der Waals surface area contributed by atoms with Crippen molar-refractivity contribution >= 4 is 35.0 Å². The second kappa shape index (κ2) is 9.80. The van der Waals surface area contributed by atoms with Crippen LogP contribution in [0.4, 0.5) is 17.3 Å². The molecule has 1 aliphatic heterocycles. The van der Waals surface area contributed by atoms with Gasteiger partial charge in [0.25, 0.3) is 17.7 Å². The summed E-state index contributed by atoms with van der Waals surface area (Å²) in [6, 6.07) is 13.5. The van der Waals surface area contributed by atoms with Gasteiger partial charge in [0.1, 0.15) is 0 Å². The number of hydrogen-bond donors (Lipinski definition) is 2. The smallest absolute Gasteiger partial charge is 0.261 e. The zero-order valence-corrected chi connectivity index (χ0v) is 19.2. The van der Waals surface area contributed by atoms with Gasteiger partial charge in [0.15, 0.2) is 0 Å². The minimum atomic E-state index is -0.394. The van der Waals surface area contributed by atoms with Crippen LogP contribution in [0, 0.1) is 13.8 Å². The molecule has 9 nitrogen and oxygen atoms in total. The van der Waals surface area contributed by atoms with E-state index in [4.69, 9.17) is 4.74 Å². The number of rotatable bonds is 8. The van der Waals surface area contributed by atoms with Crippen LogP contribution >= 0.6 is 0 Å². The summed E-state index contributed by atoms with van der Waals surface area (Å²) in [5.74, 6) is -0.615. The monoisotopic (exact) mass is 459 g/mol. The van der Waals surface area contributed by atoms with Gasteiger partial charge in [-0.1, -0.05) is 0 Å². The molecule has 0 fully saturated rings. The highest BCUT2D eigenvalue weighted by Crippen LogP contribution is 2.25. The number of aryl methyl sites for hydroxylation is 2. The lowest BCUT2D eigenvalue weighted by Gasteiger charge is -2.12. The SMILES string of the molecule is COCCCN1C(=O)c2ccc(C(=O)Nc3ccc(Nc4nc(C)cc(C)n4)cc3)cc2C1=O. The Labute approximate surface area is 197 Å². The summed E-state index contributed by atoms with van der Waals surface area (Å²) in [6.45, 7) is 4.53. The van der Waals surface area contributed by atoms with Crippen LogP contribution < -0.4 is 10.6 Å². The number of carbonyl (C=O) groups excluding carboxylic acids is 3. The van der Waals surface area contributed by atoms with E-state index in [1.165, 1.54) is 17.0 Å². The Morgan fingerprint density at radius 3 is 2.24 bits per heavy atom. The number of amides is 3. The predicted octanol–water partition coefficient (Wildman–Crippen LogP) is 3.72. The fourth-order valence-electron chi connectivity index (χ4n) is 3.75. The van der Waals surface area contributed by atoms with Gasteiger partial charge in [-0.25, -0.2) is 9.97 Å². The Morgan fingerprint density at radius 2 is 1.56 bits per heavy atom. The van der Waals surface area contributed by atoms with Crippen molar-refractivity contribution in [3.63, 3.8) is 0 Å². The van der Waals surface area contributed by atoms with Gasteiger partial charge in [0.05, 0.1) is 11.1 Å². The minimum absolute atomic E-state index is 0.239. The van der Waals surface area contributed by atoms with Crippen LogP contribution in [0.15, 0.2) is 48.5 Å². The summed E-state index contributed by atoms with van der Waals surface area (Å²) in [5, 5.41) is 5.95. The van der Waals surface area contributed by atoms with Crippen LogP contribution in [0.25, 0.3) is 0 Å². The molecule has 0 saturated carbocycles. The Bertz CT molecular complexity index is 1240. The molecule has 0 aliphatic carbocycles. The molecule has 0 radical (unpaired) electrons. The van der Waals surface area contributed by atoms with E-state index in [2.05, 4.69) is 20.6 Å². The van der Waals surface area contributed by atoms with Crippen molar-refractivity contribution in [2.45, 2.75) is 20.3 Å². The van der Waals surface area contributed by atoms with Gasteiger partial charge in [0.2, 0.25) is 5.95 Å². The first-order valence-corrected chi connectivity index (χ1v) is 10.9. The summed E-state index contributed by atoms with van der Waals surface area (Å²) in [5.41, 5.74) is 3.94. The van der Waals surface area contributed by atoms with Crippen molar-refractivity contribution in [1.82, 2.24) is 14.9 Å². The Balaban J connectivity index is 1.43. The van der Waals surface area contributed by atoms with Gasteiger partial charge in [-0.2, -0.15) is 0 Å². The number of aromatic nitrogens is 2. The van der Waals surface area contributed by atoms with Gasteiger partial charge < -0.3 is 15.4 Å². The first-order valence-electron chi connectivity index (χ1n) is 10.9. The number of fused-ring (bicyclic) bond motifs is 1. The van der Waals surface area contributed by atoms with Crippen LogP contribution in [0.1, 0.15) is 48.9 Å². The average Bonchev–Trinajstić information content (AvgIpc) is 3.04. The highest BCUT2D eigenvalue weighted by atomic mass is 16.5. The maximum Gasteiger partial charge on any atom is 0.261 e. The molecule has 2 N–H and O–H groups in total. The number of methoxy groups -OCH3 is 1. The van der Waals surface area contributed by atoms with E-state index >= 15 is 0 Å². The minimum Gasteiger partial charge on any atom is -0.385 e. The van der Waals surface area contributed by atoms with Crippen molar-refractivity contribution in [2.24, 2.45) is 0 Å². The van der Waals surface area contributed by atoms with E-state index in [1.807, 2.05) is 19.9 Å². The normalized spacial score (nSPS) is 12.6. The van der Waals surface area contributed by atoms with E-state index in [9.17, 15) is 14.4 Å². The molecule has 2 aromatic carbocycles. The van der Waals surface area contributed by atoms with Gasteiger partial charge in [0, 0.05) is 48.6 Å². The second-order valence-electron chi connectivity index (χ2n) is 8.00. The number of imide groups is 1. The highest BCUT2D eigenvalue weighted by Gasteiger charge is 2.35. The molecule has 2 heterocycles. The zero-order valence-electron chi connectivity index (χ0n) is 19.2. The van der Waals surface area contributed by atoms with Gasteiger partial charge in [-0.3, -0.25) is 19.3 Å². The molecule has 3 amide bonds. The van der Waals surface area contributed by atoms with E-state index in [-0.39, 0.29) is 23.9 Å². The maximum atomic E-state index is 12.8. The number of carbonyl (C=O) groups is 3. The molecule has 1 aromatic heterocycles. The molecule has 4 rings (SSSR count). The van der Waals surface area contributed by atoms with Crippen LogP contribution in [-0.4, -0.2) is 52.9 Å². The lowest BCUT2D eigenvalue weighted by Crippen LogP contribution is -2.31. The Kier molecular flexibility index (Phi) is 6.65. The quantitative estimate of drug-likeness (QED) is 0.390. The van der Waals surface area contributed by atoms with Crippen LogP contribution in [0.3, 0.4) is 0 Å². The second-order valence-corrected chi connectivity index (χ2v) is 8.00. The van der Waals surface area contributed by atoms with Crippen molar-refractivity contribution < 1.29 is 19.1 Å². The molecule has 0 bridgehead atoms. The van der Waals surface area contributed by atoms with Gasteiger partial charge >= 0.3 is 0 Å². The lowest BCUT2D eigenvalue weighted by molar-refractivity contribution is 0.0638. The fraction of sp³-hybridized carbons (Fsp3) is 0.240. The number of ether oxygens (including phenoxy) is 1. The third kappa shape index (κ3) is 4.94. The first-order chi connectivity index (χ1) is 16.4. The molecule has 1 aliphatic rings. The van der Waals surface area contributed by atoms with E-state index in [1.54, 1.807) is 37.4 Å². The molecular weight excluding hydrogens is 434 g/mol. The summed E-state index contributed by atoms with van der Waals surface area (Å²) in [6.07, 6.45) is 0.551. The molecule has 3 aromatic rings. The molecule has 0 spiro atoms. The molecule has 174 valence electrons. The standard InChI is InChI=1S/C25H25N5O4/c1-15-13-16(2)27-25(26-15)29-19-8-6-18(7-9-19)28-22(31)17-5-10-20-21(14-17)24(33)30(23(20)32)11-4-12-34-3/h5-10,13-14H,4,11-12H2,1-3H3,(H,28,31)(H,26,27,29). The maximum absolute atomic E-state index is 12.8. The molecular formula is C25H25N5O4. The molecule has 0 atom stereocenters. The number of nitrogens with one attached hydrogen (secondary N) is 2. The topological polar surface area (TPSA) is 114 Å². The van der Waals surface area contributed by atoms with E-state index in [0.717, 1.165) is 17.1 Å².